The number of nitrogens with zero attached hydrogens (tertiary/aromatic N) is 2. The summed E-state index contributed by atoms with van der Waals surface area (Å²) in [4.78, 5) is 28.0. The lowest BCUT2D eigenvalue weighted by molar-refractivity contribution is -0.116. The molecule has 5 nitrogen and oxygen atoms in total. The Morgan fingerprint density at radius 2 is 2.25 bits per heavy atom. The van der Waals surface area contributed by atoms with E-state index in [1.54, 1.807) is 19.1 Å². The maximum absolute atomic E-state index is 12.0. The third-order valence-corrected chi connectivity index (χ3v) is 4.31. The van der Waals surface area contributed by atoms with Crippen LogP contribution in [0.25, 0.3) is 0 Å². The van der Waals surface area contributed by atoms with Crippen molar-refractivity contribution in [2.45, 2.75) is 13.5 Å². The molecule has 0 saturated heterocycles. The highest BCUT2D eigenvalue weighted by atomic mass is 127. The number of carbonyl (C=O) groups excluding carboxylic acids is 1. The van der Waals surface area contributed by atoms with Gasteiger partial charge >= 0.3 is 0 Å². The van der Waals surface area contributed by atoms with Crippen LogP contribution in [0.2, 0.25) is 0 Å². The van der Waals surface area contributed by atoms with Gasteiger partial charge in [0.25, 0.3) is 5.56 Å². The molecule has 1 aromatic carbocycles. The van der Waals surface area contributed by atoms with Crippen LogP contribution in [-0.4, -0.2) is 15.5 Å². The first-order chi connectivity index (χ1) is 9.47. The lowest BCUT2D eigenvalue weighted by Gasteiger charge is -2.08. The minimum Gasteiger partial charge on any atom is -0.324 e. The van der Waals surface area contributed by atoms with Gasteiger partial charge in [0.1, 0.15) is 6.54 Å². The van der Waals surface area contributed by atoms with Crippen LogP contribution in [0.4, 0.5) is 5.69 Å². The minimum absolute atomic E-state index is 0.0609. The Hall–Kier alpha value is -1.22. The second kappa shape index (κ2) is 6.49. The summed E-state index contributed by atoms with van der Waals surface area (Å²) in [6.45, 7) is 1.70. The van der Waals surface area contributed by atoms with Crippen molar-refractivity contribution in [3.05, 3.63) is 54.7 Å². The zero-order chi connectivity index (χ0) is 14.7. The zero-order valence-corrected chi connectivity index (χ0v) is 14.3. The summed E-state index contributed by atoms with van der Waals surface area (Å²) in [5, 5.41) is 2.73. The van der Waals surface area contributed by atoms with Gasteiger partial charge in [-0.2, -0.15) is 0 Å². The molecule has 0 radical (unpaired) electrons. The van der Waals surface area contributed by atoms with Crippen molar-refractivity contribution in [2.24, 2.45) is 0 Å². The van der Waals surface area contributed by atoms with Crippen LogP contribution >= 0.6 is 38.5 Å². The summed E-state index contributed by atoms with van der Waals surface area (Å²) < 4.78 is 2.70. The lowest BCUT2D eigenvalue weighted by atomic mass is 10.3. The second-order valence-electron chi connectivity index (χ2n) is 4.14. The number of anilines is 1. The number of hydrogen-bond donors (Lipinski definition) is 1. The summed E-state index contributed by atoms with van der Waals surface area (Å²) >= 11 is 5.27. The maximum atomic E-state index is 12.0. The predicted molar refractivity (Wildman–Crippen MR) is 88.7 cm³/mol. The second-order valence-corrected chi connectivity index (χ2v) is 6.13. The van der Waals surface area contributed by atoms with Crippen molar-refractivity contribution in [1.82, 2.24) is 9.55 Å². The van der Waals surface area contributed by atoms with E-state index in [1.165, 1.54) is 10.9 Å². The molecule has 2 rings (SSSR count). The third kappa shape index (κ3) is 3.66. The number of halogens is 2. The Balaban J connectivity index is 2.13. The quantitative estimate of drug-likeness (QED) is 0.735. The smallest absolute Gasteiger partial charge is 0.267 e. The molecule has 20 heavy (non-hydrogen) atoms. The zero-order valence-electron chi connectivity index (χ0n) is 10.6. The fraction of sp³-hybridized carbons (Fsp3) is 0.154. The fourth-order valence-corrected chi connectivity index (χ4v) is 2.43. The van der Waals surface area contributed by atoms with Crippen molar-refractivity contribution >= 4 is 50.1 Å². The van der Waals surface area contributed by atoms with Crippen molar-refractivity contribution in [1.29, 1.82) is 0 Å². The Labute approximate surface area is 137 Å². The minimum atomic E-state index is -0.272. The van der Waals surface area contributed by atoms with Crippen LogP contribution in [0, 0.1) is 10.5 Å². The molecule has 0 unspecified atom stereocenters. The van der Waals surface area contributed by atoms with Crippen molar-refractivity contribution in [3.8, 4) is 0 Å². The Morgan fingerprint density at radius 1 is 1.50 bits per heavy atom. The molecule has 0 fully saturated rings. The number of amides is 1. The van der Waals surface area contributed by atoms with E-state index in [-0.39, 0.29) is 18.0 Å². The molecule has 0 aliphatic heterocycles. The molecule has 0 bridgehead atoms. The highest BCUT2D eigenvalue weighted by molar-refractivity contribution is 14.1. The highest BCUT2D eigenvalue weighted by Gasteiger charge is 2.09. The van der Waals surface area contributed by atoms with Crippen molar-refractivity contribution in [2.75, 3.05) is 5.32 Å². The SMILES string of the molecule is Cc1ncn(CC(=O)Nc2cccc(Br)c2)c(=O)c1I. The fourth-order valence-electron chi connectivity index (χ4n) is 1.58. The van der Waals surface area contributed by atoms with E-state index in [2.05, 4.69) is 26.2 Å². The number of nitrogens with one attached hydrogen (secondary N) is 1. The van der Waals surface area contributed by atoms with Gasteiger partial charge in [0, 0.05) is 10.2 Å². The first kappa shape index (κ1) is 15.2. The highest BCUT2D eigenvalue weighted by Crippen LogP contribution is 2.15. The molecule has 1 amide bonds. The molecule has 0 spiro atoms. The van der Waals surface area contributed by atoms with Crippen LogP contribution in [0.15, 0.2) is 39.9 Å². The summed E-state index contributed by atoms with van der Waals surface area (Å²) in [7, 11) is 0. The molecule has 0 aliphatic rings. The monoisotopic (exact) mass is 447 g/mol. The summed E-state index contributed by atoms with van der Waals surface area (Å²) in [6.07, 6.45) is 1.39. The molecule has 1 aromatic heterocycles. The van der Waals surface area contributed by atoms with Gasteiger partial charge in [0.05, 0.1) is 15.6 Å². The normalized spacial score (nSPS) is 10.3. The van der Waals surface area contributed by atoms with E-state index in [0.717, 1.165) is 4.47 Å². The average molecular weight is 448 g/mol. The van der Waals surface area contributed by atoms with Crippen LogP contribution in [0.3, 0.4) is 0 Å². The van der Waals surface area contributed by atoms with E-state index >= 15 is 0 Å². The number of benzene rings is 1. The Morgan fingerprint density at radius 3 is 2.95 bits per heavy atom. The molecular weight excluding hydrogens is 437 g/mol. The van der Waals surface area contributed by atoms with Gasteiger partial charge in [-0.3, -0.25) is 14.2 Å². The Kier molecular flexibility index (Phi) is 4.92. The van der Waals surface area contributed by atoms with Gasteiger partial charge in [-0.15, -0.1) is 0 Å². The van der Waals surface area contributed by atoms with E-state index in [9.17, 15) is 9.59 Å². The first-order valence-electron chi connectivity index (χ1n) is 5.74. The van der Waals surface area contributed by atoms with Crippen molar-refractivity contribution < 1.29 is 4.79 Å². The molecule has 2 aromatic rings. The predicted octanol–water partition coefficient (Wildman–Crippen LogP) is 2.56. The van der Waals surface area contributed by atoms with Gasteiger partial charge in [-0.05, 0) is 47.7 Å². The first-order valence-corrected chi connectivity index (χ1v) is 7.61. The molecule has 7 heteroatoms. The standard InChI is InChI=1S/C13H11BrIN3O2/c1-8-12(15)13(20)18(7-16-8)6-11(19)17-10-4-2-3-9(14)5-10/h2-5,7H,6H2,1H3,(H,17,19). The van der Waals surface area contributed by atoms with E-state index in [1.807, 2.05) is 34.7 Å². The summed E-state index contributed by atoms with van der Waals surface area (Å²) in [5.41, 5.74) is 1.13. The van der Waals surface area contributed by atoms with Crippen LogP contribution < -0.4 is 10.9 Å². The third-order valence-electron chi connectivity index (χ3n) is 2.58. The molecule has 0 aliphatic carbocycles. The average Bonchev–Trinajstić information content (AvgIpc) is 2.39. The Bertz CT molecular complexity index is 715. The maximum Gasteiger partial charge on any atom is 0.267 e. The number of carbonyl (C=O) groups is 1. The topological polar surface area (TPSA) is 64.0 Å². The molecule has 104 valence electrons. The molecule has 0 saturated carbocycles. The molecule has 1 heterocycles. The van der Waals surface area contributed by atoms with Crippen LogP contribution in [0.1, 0.15) is 5.69 Å². The number of hydrogen-bond acceptors (Lipinski definition) is 3. The summed E-state index contributed by atoms with van der Waals surface area (Å²) in [6, 6.07) is 7.26. The van der Waals surface area contributed by atoms with Crippen LogP contribution in [-0.2, 0) is 11.3 Å². The lowest BCUT2D eigenvalue weighted by Crippen LogP contribution is -2.29. The number of aryl methyl sites for hydroxylation is 1. The molecular formula is C13H11BrIN3O2. The molecule has 0 atom stereocenters. The van der Waals surface area contributed by atoms with Gasteiger partial charge in [-0.25, -0.2) is 4.98 Å². The van der Waals surface area contributed by atoms with Crippen molar-refractivity contribution in [3.63, 3.8) is 0 Å². The van der Waals surface area contributed by atoms with Gasteiger partial charge in [0.15, 0.2) is 0 Å². The molecule has 1 N–H and O–H groups in total. The van der Waals surface area contributed by atoms with Crippen LogP contribution in [0.5, 0.6) is 0 Å². The largest absolute Gasteiger partial charge is 0.324 e. The van der Waals surface area contributed by atoms with E-state index < -0.39 is 0 Å². The number of rotatable bonds is 3. The number of aromatic nitrogens is 2. The van der Waals surface area contributed by atoms with Gasteiger partial charge < -0.3 is 5.32 Å². The summed E-state index contributed by atoms with van der Waals surface area (Å²) in [5.74, 6) is -0.272. The van der Waals surface area contributed by atoms with E-state index in [4.69, 9.17) is 0 Å². The van der Waals surface area contributed by atoms with Gasteiger partial charge in [0.2, 0.25) is 5.91 Å². The van der Waals surface area contributed by atoms with Gasteiger partial charge in [-0.1, -0.05) is 22.0 Å². The van der Waals surface area contributed by atoms with E-state index in [0.29, 0.717) is 15.0 Å².